The van der Waals surface area contributed by atoms with Gasteiger partial charge in [0.15, 0.2) is 5.82 Å². The lowest BCUT2D eigenvalue weighted by atomic mass is 10.2. The van der Waals surface area contributed by atoms with Gasteiger partial charge in [0, 0.05) is 34.1 Å². The molecule has 1 atom stereocenters. The van der Waals surface area contributed by atoms with E-state index in [1.54, 1.807) is 18.1 Å². The van der Waals surface area contributed by atoms with E-state index in [0.717, 1.165) is 63.9 Å². The van der Waals surface area contributed by atoms with Gasteiger partial charge in [-0.05, 0) is 32.8 Å². The van der Waals surface area contributed by atoms with Crippen molar-refractivity contribution in [1.82, 2.24) is 20.2 Å². The summed E-state index contributed by atoms with van der Waals surface area (Å²) in [6.45, 7) is 12.0. The SMILES string of the molecule is Cc1[nH]nc(Nc2ncnc3cc(OCC4CCCO4)c(SC(C)(C)C)cc23)c1C. The van der Waals surface area contributed by atoms with E-state index < -0.39 is 0 Å². The van der Waals surface area contributed by atoms with Crippen molar-refractivity contribution in [3.05, 3.63) is 29.7 Å². The lowest BCUT2D eigenvalue weighted by molar-refractivity contribution is 0.0670. The number of H-pyrrole nitrogens is 1. The normalized spacial score (nSPS) is 16.9. The molecule has 160 valence electrons. The summed E-state index contributed by atoms with van der Waals surface area (Å²) in [6, 6.07) is 4.13. The van der Waals surface area contributed by atoms with Gasteiger partial charge >= 0.3 is 0 Å². The molecule has 1 aliphatic heterocycles. The molecule has 30 heavy (non-hydrogen) atoms. The van der Waals surface area contributed by atoms with E-state index in [1.165, 1.54) is 0 Å². The molecule has 2 aromatic heterocycles. The number of fused-ring (bicyclic) bond motifs is 1. The molecule has 0 aliphatic carbocycles. The second-order valence-electron chi connectivity index (χ2n) is 8.65. The number of ether oxygens (including phenoxy) is 2. The first-order valence-corrected chi connectivity index (χ1v) is 11.1. The number of benzene rings is 1. The lowest BCUT2D eigenvalue weighted by Gasteiger charge is -2.21. The molecule has 1 aromatic carbocycles. The Bertz CT molecular complexity index is 1040. The highest BCUT2D eigenvalue weighted by molar-refractivity contribution is 8.00. The highest BCUT2D eigenvalue weighted by Crippen LogP contribution is 2.41. The number of anilines is 2. The highest BCUT2D eigenvalue weighted by Gasteiger charge is 2.21. The maximum Gasteiger partial charge on any atom is 0.156 e. The molecule has 3 heterocycles. The Morgan fingerprint density at radius 1 is 1.23 bits per heavy atom. The zero-order valence-corrected chi connectivity index (χ0v) is 19.0. The third kappa shape index (κ3) is 4.70. The number of aromatic amines is 1. The van der Waals surface area contributed by atoms with Crippen LogP contribution >= 0.6 is 11.8 Å². The van der Waals surface area contributed by atoms with Gasteiger partial charge in [-0.1, -0.05) is 20.8 Å². The summed E-state index contributed by atoms with van der Waals surface area (Å²) in [6.07, 6.45) is 3.89. The topological polar surface area (TPSA) is 85.0 Å². The van der Waals surface area contributed by atoms with Gasteiger partial charge in [0.1, 0.15) is 24.5 Å². The van der Waals surface area contributed by atoms with E-state index in [-0.39, 0.29) is 10.9 Å². The van der Waals surface area contributed by atoms with E-state index in [9.17, 15) is 0 Å². The number of nitrogens with zero attached hydrogens (tertiary/aromatic N) is 3. The van der Waals surface area contributed by atoms with Crippen LogP contribution in [0.25, 0.3) is 10.9 Å². The van der Waals surface area contributed by atoms with Gasteiger partial charge < -0.3 is 14.8 Å². The lowest BCUT2D eigenvalue weighted by Crippen LogP contribution is -2.17. The maximum absolute atomic E-state index is 6.21. The van der Waals surface area contributed by atoms with Crippen LogP contribution < -0.4 is 10.1 Å². The summed E-state index contributed by atoms with van der Waals surface area (Å²) in [4.78, 5) is 10.0. The number of aromatic nitrogens is 4. The molecule has 7 nitrogen and oxygen atoms in total. The van der Waals surface area contributed by atoms with Crippen molar-refractivity contribution < 1.29 is 9.47 Å². The van der Waals surface area contributed by atoms with Crippen LogP contribution in [0.5, 0.6) is 5.75 Å². The summed E-state index contributed by atoms with van der Waals surface area (Å²) in [7, 11) is 0. The number of rotatable bonds is 6. The monoisotopic (exact) mass is 427 g/mol. The molecule has 1 saturated heterocycles. The van der Waals surface area contributed by atoms with Crippen LogP contribution in [-0.2, 0) is 4.74 Å². The zero-order chi connectivity index (χ0) is 21.3. The van der Waals surface area contributed by atoms with Crippen molar-refractivity contribution in [2.45, 2.75) is 63.2 Å². The molecule has 0 spiro atoms. The predicted octanol–water partition coefficient (Wildman–Crippen LogP) is 5.16. The number of nitrogens with one attached hydrogen (secondary N) is 2. The average Bonchev–Trinajstić information content (AvgIpc) is 3.31. The maximum atomic E-state index is 6.21. The molecule has 1 unspecified atom stereocenters. The van der Waals surface area contributed by atoms with Crippen LogP contribution in [0.4, 0.5) is 11.6 Å². The van der Waals surface area contributed by atoms with Gasteiger partial charge in [-0.25, -0.2) is 9.97 Å². The number of hydrogen-bond acceptors (Lipinski definition) is 7. The molecule has 0 bridgehead atoms. The minimum Gasteiger partial charge on any atom is -0.490 e. The van der Waals surface area contributed by atoms with Gasteiger partial charge in [-0.3, -0.25) is 5.10 Å². The molecule has 4 rings (SSSR count). The zero-order valence-electron chi connectivity index (χ0n) is 18.2. The van der Waals surface area contributed by atoms with Gasteiger partial charge in [0.2, 0.25) is 0 Å². The smallest absolute Gasteiger partial charge is 0.156 e. The number of thioether (sulfide) groups is 1. The van der Waals surface area contributed by atoms with Crippen molar-refractivity contribution in [2.24, 2.45) is 0 Å². The van der Waals surface area contributed by atoms with Crippen LogP contribution in [0.2, 0.25) is 0 Å². The van der Waals surface area contributed by atoms with Crippen LogP contribution in [0, 0.1) is 13.8 Å². The van der Waals surface area contributed by atoms with Crippen molar-refractivity contribution in [1.29, 1.82) is 0 Å². The van der Waals surface area contributed by atoms with Crippen molar-refractivity contribution in [2.75, 3.05) is 18.5 Å². The fraction of sp³-hybridized carbons (Fsp3) is 0.500. The molecule has 0 saturated carbocycles. The van der Waals surface area contributed by atoms with Gasteiger partial charge in [-0.2, -0.15) is 5.10 Å². The first-order chi connectivity index (χ1) is 14.3. The summed E-state index contributed by atoms with van der Waals surface area (Å²) in [5.41, 5.74) is 2.94. The molecule has 0 radical (unpaired) electrons. The number of hydrogen-bond donors (Lipinski definition) is 2. The average molecular weight is 428 g/mol. The van der Waals surface area contributed by atoms with Gasteiger partial charge in [0.05, 0.1) is 16.5 Å². The standard InChI is InChI=1S/C22H29N5O2S/c1-13-14(2)26-27-20(13)25-21-16-9-19(30-22(3,4)5)18(10-17(16)23-12-24-21)29-11-15-7-6-8-28-15/h9-10,12,15H,6-8,11H2,1-5H3,(H2,23,24,25,26,27). The van der Waals surface area contributed by atoms with Crippen LogP contribution in [0.1, 0.15) is 44.9 Å². The number of aryl methyl sites for hydroxylation is 1. The van der Waals surface area contributed by atoms with Gasteiger partial charge in [-0.15, -0.1) is 11.8 Å². The Kier molecular flexibility index (Phi) is 5.88. The predicted molar refractivity (Wildman–Crippen MR) is 121 cm³/mol. The Balaban J connectivity index is 1.70. The first kappa shape index (κ1) is 20.9. The van der Waals surface area contributed by atoms with Crippen LogP contribution in [0.15, 0.2) is 23.4 Å². The molecule has 0 amide bonds. The Morgan fingerprint density at radius 3 is 2.73 bits per heavy atom. The fourth-order valence-corrected chi connectivity index (χ4v) is 4.42. The van der Waals surface area contributed by atoms with E-state index in [4.69, 9.17) is 9.47 Å². The van der Waals surface area contributed by atoms with E-state index in [1.807, 2.05) is 19.9 Å². The van der Waals surface area contributed by atoms with E-state index in [2.05, 4.69) is 52.3 Å². The molecule has 2 N–H and O–H groups in total. The molecular weight excluding hydrogens is 398 g/mol. The second kappa shape index (κ2) is 8.43. The van der Waals surface area contributed by atoms with Crippen LogP contribution in [-0.4, -0.2) is 44.2 Å². The minimum absolute atomic E-state index is 0.0365. The first-order valence-electron chi connectivity index (χ1n) is 10.3. The fourth-order valence-electron chi connectivity index (χ4n) is 3.36. The van der Waals surface area contributed by atoms with Crippen LogP contribution in [0.3, 0.4) is 0 Å². The van der Waals surface area contributed by atoms with E-state index in [0.29, 0.717) is 6.61 Å². The Labute approximate surface area is 181 Å². The van der Waals surface area contributed by atoms with E-state index >= 15 is 0 Å². The molecular formula is C22H29N5O2S. The highest BCUT2D eigenvalue weighted by atomic mass is 32.2. The van der Waals surface area contributed by atoms with Crippen molar-refractivity contribution in [3.8, 4) is 5.75 Å². The summed E-state index contributed by atoms with van der Waals surface area (Å²) < 4.78 is 12.0. The summed E-state index contributed by atoms with van der Waals surface area (Å²) >= 11 is 1.78. The van der Waals surface area contributed by atoms with Gasteiger partial charge in [0.25, 0.3) is 0 Å². The third-order valence-corrected chi connectivity index (χ3v) is 6.21. The molecule has 1 aliphatic rings. The Hall–Kier alpha value is -2.32. The molecule has 3 aromatic rings. The minimum atomic E-state index is 0.0365. The molecule has 8 heteroatoms. The summed E-state index contributed by atoms with van der Waals surface area (Å²) in [5, 5.41) is 11.7. The van der Waals surface area contributed by atoms with Crippen molar-refractivity contribution in [3.63, 3.8) is 0 Å². The molecule has 1 fully saturated rings. The second-order valence-corrected chi connectivity index (χ2v) is 10.5. The summed E-state index contributed by atoms with van der Waals surface area (Å²) in [5.74, 6) is 2.35. The largest absolute Gasteiger partial charge is 0.490 e. The Morgan fingerprint density at radius 2 is 2.07 bits per heavy atom. The quantitative estimate of drug-likeness (QED) is 0.525. The third-order valence-electron chi connectivity index (χ3n) is 5.06. The van der Waals surface area contributed by atoms with Crippen molar-refractivity contribution >= 4 is 34.3 Å².